The first-order valence-corrected chi connectivity index (χ1v) is 7.57. The number of halogens is 2. The molecule has 2 aromatic rings. The van der Waals surface area contributed by atoms with Gasteiger partial charge in [-0.25, -0.2) is 17.8 Å². The van der Waals surface area contributed by atoms with Crippen LogP contribution in [-0.4, -0.2) is 13.4 Å². The summed E-state index contributed by atoms with van der Waals surface area (Å²) < 4.78 is 40.3. The van der Waals surface area contributed by atoms with E-state index in [1.54, 1.807) is 12.1 Å². The lowest BCUT2D eigenvalue weighted by Gasteiger charge is -2.10. The Bertz CT molecular complexity index is 719. The summed E-state index contributed by atoms with van der Waals surface area (Å²) in [7, 11) is -3.79. The molecule has 0 radical (unpaired) electrons. The minimum atomic E-state index is -3.79. The fourth-order valence-corrected chi connectivity index (χ4v) is 3.30. The number of rotatable bonds is 3. The molecule has 0 aliphatic heterocycles. The highest BCUT2D eigenvalue weighted by molar-refractivity contribution is 9.10. The summed E-state index contributed by atoms with van der Waals surface area (Å²) in [5.41, 5.74) is 0.333. The standard InChI is InChI=1S/C12H10BrFN2O2S/c1-8-7-9(14)4-5-11(8)19(17,18)16-12-10(13)3-2-6-15-12/h2-7H,1H3,(H,15,16). The predicted molar refractivity (Wildman–Crippen MR) is 73.9 cm³/mol. The zero-order valence-electron chi connectivity index (χ0n) is 9.89. The molecule has 100 valence electrons. The van der Waals surface area contributed by atoms with E-state index in [0.717, 1.165) is 6.07 Å². The van der Waals surface area contributed by atoms with Gasteiger partial charge in [-0.05, 0) is 58.7 Å². The molecule has 1 aromatic heterocycles. The van der Waals surface area contributed by atoms with E-state index in [-0.39, 0.29) is 10.7 Å². The van der Waals surface area contributed by atoms with Gasteiger partial charge in [0, 0.05) is 6.20 Å². The van der Waals surface area contributed by atoms with Crippen molar-refractivity contribution in [3.8, 4) is 0 Å². The third kappa shape index (κ3) is 3.10. The molecule has 0 saturated carbocycles. The first kappa shape index (κ1) is 14.0. The summed E-state index contributed by atoms with van der Waals surface area (Å²) in [5, 5.41) is 0. The molecule has 0 bridgehead atoms. The van der Waals surface area contributed by atoms with Crippen LogP contribution >= 0.6 is 15.9 Å². The van der Waals surface area contributed by atoms with E-state index in [2.05, 4.69) is 25.6 Å². The van der Waals surface area contributed by atoms with Crippen molar-refractivity contribution in [2.45, 2.75) is 11.8 Å². The highest BCUT2D eigenvalue weighted by atomic mass is 79.9. The van der Waals surface area contributed by atoms with E-state index in [1.165, 1.54) is 25.3 Å². The third-order valence-electron chi connectivity index (χ3n) is 2.42. The maximum absolute atomic E-state index is 13.0. The average Bonchev–Trinajstić information content (AvgIpc) is 2.31. The number of benzene rings is 1. The Morgan fingerprint density at radius 1 is 1.32 bits per heavy atom. The summed E-state index contributed by atoms with van der Waals surface area (Å²) in [6.07, 6.45) is 1.47. The van der Waals surface area contributed by atoms with Crippen LogP contribution in [0.15, 0.2) is 45.9 Å². The molecule has 2 rings (SSSR count). The van der Waals surface area contributed by atoms with E-state index >= 15 is 0 Å². The molecule has 4 nitrogen and oxygen atoms in total. The van der Waals surface area contributed by atoms with Crippen molar-refractivity contribution >= 4 is 31.8 Å². The van der Waals surface area contributed by atoms with Crippen molar-refractivity contribution in [3.05, 3.63) is 52.4 Å². The number of hydrogen-bond acceptors (Lipinski definition) is 3. The van der Waals surface area contributed by atoms with Crippen LogP contribution < -0.4 is 4.72 Å². The van der Waals surface area contributed by atoms with Crippen molar-refractivity contribution in [1.29, 1.82) is 0 Å². The van der Waals surface area contributed by atoms with Crippen molar-refractivity contribution < 1.29 is 12.8 Å². The number of nitrogens with zero attached hydrogens (tertiary/aromatic N) is 1. The molecule has 0 aliphatic carbocycles. The van der Waals surface area contributed by atoms with Gasteiger partial charge in [-0.3, -0.25) is 4.72 Å². The monoisotopic (exact) mass is 344 g/mol. The molecule has 1 aromatic carbocycles. The molecule has 1 heterocycles. The molecule has 0 amide bonds. The van der Waals surface area contributed by atoms with Crippen molar-refractivity contribution in [3.63, 3.8) is 0 Å². The summed E-state index contributed by atoms with van der Waals surface area (Å²) in [6, 6.07) is 6.84. The minimum absolute atomic E-state index is 0.0199. The van der Waals surface area contributed by atoms with E-state index in [1.807, 2.05) is 0 Å². The largest absolute Gasteiger partial charge is 0.263 e. The SMILES string of the molecule is Cc1cc(F)ccc1S(=O)(=O)Nc1ncccc1Br. The van der Waals surface area contributed by atoms with Crippen molar-refractivity contribution in [2.24, 2.45) is 0 Å². The first-order valence-electron chi connectivity index (χ1n) is 5.29. The summed E-state index contributed by atoms with van der Waals surface area (Å²) in [5.74, 6) is -0.290. The Balaban J connectivity index is 2.41. The molecule has 7 heteroatoms. The van der Waals surface area contributed by atoms with Gasteiger partial charge in [0.25, 0.3) is 10.0 Å². The molecular formula is C12H10BrFN2O2S. The van der Waals surface area contributed by atoms with Gasteiger partial charge in [0.15, 0.2) is 5.82 Å². The molecular weight excluding hydrogens is 335 g/mol. The highest BCUT2D eigenvalue weighted by Gasteiger charge is 2.18. The second kappa shape index (κ2) is 5.26. The van der Waals surface area contributed by atoms with Gasteiger partial charge in [-0.2, -0.15) is 0 Å². The van der Waals surface area contributed by atoms with Gasteiger partial charge in [0.1, 0.15) is 5.82 Å². The zero-order valence-corrected chi connectivity index (χ0v) is 12.3. The van der Waals surface area contributed by atoms with Crippen LogP contribution in [0.4, 0.5) is 10.2 Å². The predicted octanol–water partition coefficient (Wildman–Crippen LogP) is 3.09. The molecule has 0 fully saturated rings. The maximum atomic E-state index is 13.0. The second-order valence-electron chi connectivity index (χ2n) is 3.85. The van der Waals surface area contributed by atoms with Crippen LogP contribution in [0.5, 0.6) is 0 Å². The Hall–Kier alpha value is -1.47. The van der Waals surface area contributed by atoms with Crippen LogP contribution in [0.2, 0.25) is 0 Å². The number of sulfonamides is 1. The number of pyridine rings is 1. The van der Waals surface area contributed by atoms with Gasteiger partial charge >= 0.3 is 0 Å². The van der Waals surface area contributed by atoms with Gasteiger partial charge in [-0.15, -0.1) is 0 Å². The smallest absolute Gasteiger partial charge is 0.262 e. The molecule has 0 unspecified atom stereocenters. The van der Waals surface area contributed by atoms with Gasteiger partial charge in [0.2, 0.25) is 0 Å². The quantitative estimate of drug-likeness (QED) is 0.930. The fourth-order valence-electron chi connectivity index (χ4n) is 1.56. The lowest BCUT2D eigenvalue weighted by Crippen LogP contribution is -2.15. The maximum Gasteiger partial charge on any atom is 0.263 e. The Labute approximate surface area is 118 Å². The second-order valence-corrected chi connectivity index (χ2v) is 6.35. The topological polar surface area (TPSA) is 59.1 Å². The number of aromatic nitrogens is 1. The summed E-state index contributed by atoms with van der Waals surface area (Å²) in [6.45, 7) is 1.53. The van der Waals surface area contributed by atoms with Crippen LogP contribution in [0.3, 0.4) is 0 Å². The number of anilines is 1. The molecule has 0 saturated heterocycles. The van der Waals surface area contributed by atoms with Crippen LogP contribution in [0.25, 0.3) is 0 Å². The van der Waals surface area contributed by atoms with Crippen LogP contribution in [0, 0.1) is 12.7 Å². The molecule has 0 atom stereocenters. The Morgan fingerprint density at radius 3 is 2.68 bits per heavy atom. The summed E-state index contributed by atoms with van der Waals surface area (Å²) >= 11 is 3.20. The van der Waals surface area contributed by atoms with Gasteiger partial charge < -0.3 is 0 Å². The molecule has 1 N–H and O–H groups in total. The molecule has 0 spiro atoms. The van der Waals surface area contributed by atoms with E-state index in [9.17, 15) is 12.8 Å². The zero-order chi connectivity index (χ0) is 14.0. The number of nitrogens with one attached hydrogen (secondary N) is 1. The minimum Gasteiger partial charge on any atom is -0.262 e. The van der Waals surface area contributed by atoms with E-state index in [4.69, 9.17) is 0 Å². The normalized spacial score (nSPS) is 11.3. The van der Waals surface area contributed by atoms with E-state index < -0.39 is 15.8 Å². The average molecular weight is 345 g/mol. The lowest BCUT2D eigenvalue weighted by molar-refractivity contribution is 0.598. The number of hydrogen-bond donors (Lipinski definition) is 1. The third-order valence-corrected chi connectivity index (χ3v) is 4.56. The molecule has 19 heavy (non-hydrogen) atoms. The fraction of sp³-hybridized carbons (Fsp3) is 0.0833. The highest BCUT2D eigenvalue weighted by Crippen LogP contribution is 2.23. The van der Waals surface area contributed by atoms with E-state index in [0.29, 0.717) is 10.0 Å². The number of aryl methyl sites for hydroxylation is 1. The molecule has 0 aliphatic rings. The Morgan fingerprint density at radius 2 is 2.05 bits per heavy atom. The van der Waals surface area contributed by atoms with Crippen LogP contribution in [0.1, 0.15) is 5.56 Å². The van der Waals surface area contributed by atoms with Crippen LogP contribution in [-0.2, 0) is 10.0 Å². The van der Waals surface area contributed by atoms with Gasteiger partial charge in [-0.1, -0.05) is 0 Å². The van der Waals surface area contributed by atoms with Crippen molar-refractivity contribution in [2.75, 3.05) is 4.72 Å². The Kier molecular flexibility index (Phi) is 3.86. The lowest BCUT2D eigenvalue weighted by atomic mass is 10.2. The van der Waals surface area contributed by atoms with Gasteiger partial charge in [0.05, 0.1) is 9.37 Å². The summed E-state index contributed by atoms with van der Waals surface area (Å²) in [4.78, 5) is 3.94. The first-order chi connectivity index (χ1) is 8.90. The van der Waals surface area contributed by atoms with Crippen molar-refractivity contribution in [1.82, 2.24) is 4.98 Å².